The normalized spacial score (nSPS) is 16.6. The second-order valence-corrected chi connectivity index (χ2v) is 9.14. The maximum Gasteiger partial charge on any atom is 0.460 e. The number of alkyl halides is 13. The summed E-state index contributed by atoms with van der Waals surface area (Å²) in [6.45, 7) is 2.65. The van der Waals surface area contributed by atoms with Gasteiger partial charge in [-0.05, 0) is 23.1 Å². The zero-order valence-electron chi connectivity index (χ0n) is 20.3. The molecule has 0 aliphatic carbocycles. The molecule has 0 radical (unpaired) electrons. The summed E-state index contributed by atoms with van der Waals surface area (Å²) >= 11 is 0. The average molecular weight is 586 g/mol. The third-order valence-electron chi connectivity index (χ3n) is 6.51. The molecule has 0 aliphatic heterocycles. The Balaban J connectivity index is 2.74. The van der Waals surface area contributed by atoms with Gasteiger partial charge in [0.25, 0.3) is 0 Å². The van der Waals surface area contributed by atoms with Crippen molar-refractivity contribution >= 4 is 0 Å². The summed E-state index contributed by atoms with van der Waals surface area (Å²) in [7, 11) is 0. The topological polar surface area (TPSA) is 20.2 Å². The Labute approximate surface area is 214 Å². The molecule has 0 spiro atoms. The highest BCUT2D eigenvalue weighted by molar-refractivity contribution is 5.37. The number of rotatable bonds is 11. The lowest BCUT2D eigenvalue weighted by atomic mass is 9.71. The molecule has 0 heterocycles. The summed E-state index contributed by atoms with van der Waals surface area (Å²) in [6.07, 6.45) is -9.87. The Morgan fingerprint density at radius 1 is 0.641 bits per heavy atom. The molecule has 2 aromatic carbocycles. The molecular weight excluding hydrogens is 563 g/mol. The SMILES string of the molecule is CCCc1ccccc1C(O)(CC(F)(F)C(F)(F)C(F)(F)C(F)(F)C(F)(F)C(F)(F)F)C(C)c1ccccc1. The highest BCUT2D eigenvalue weighted by Crippen LogP contribution is 2.62. The van der Waals surface area contributed by atoms with Crippen molar-refractivity contribution in [2.24, 2.45) is 0 Å². The fourth-order valence-electron chi connectivity index (χ4n) is 4.18. The summed E-state index contributed by atoms with van der Waals surface area (Å²) in [5.74, 6) is -39.3. The third-order valence-corrected chi connectivity index (χ3v) is 6.51. The smallest absolute Gasteiger partial charge is 0.384 e. The number of hydrogen-bond donors (Lipinski definition) is 1. The second-order valence-electron chi connectivity index (χ2n) is 9.14. The molecule has 0 bridgehead atoms. The first-order chi connectivity index (χ1) is 17.5. The van der Waals surface area contributed by atoms with Crippen LogP contribution in [0, 0.1) is 0 Å². The lowest BCUT2D eigenvalue weighted by Gasteiger charge is -2.43. The first kappa shape index (κ1) is 32.7. The minimum Gasteiger partial charge on any atom is -0.384 e. The molecule has 0 fully saturated rings. The van der Waals surface area contributed by atoms with E-state index in [0.29, 0.717) is 6.42 Å². The van der Waals surface area contributed by atoms with E-state index in [-0.39, 0.29) is 17.5 Å². The van der Waals surface area contributed by atoms with Crippen molar-refractivity contribution in [1.82, 2.24) is 0 Å². The molecule has 0 saturated heterocycles. The highest BCUT2D eigenvalue weighted by Gasteiger charge is 2.90. The van der Waals surface area contributed by atoms with Crippen molar-refractivity contribution in [1.29, 1.82) is 0 Å². The van der Waals surface area contributed by atoms with Crippen molar-refractivity contribution in [2.45, 2.75) is 80.4 Å². The van der Waals surface area contributed by atoms with Crippen LogP contribution in [-0.4, -0.2) is 40.9 Å². The molecule has 39 heavy (non-hydrogen) atoms. The predicted molar refractivity (Wildman–Crippen MR) is 115 cm³/mol. The fraction of sp³-hybridized carbons (Fsp3) is 0.520. The van der Waals surface area contributed by atoms with Gasteiger partial charge >= 0.3 is 35.8 Å². The molecule has 2 unspecified atom stereocenters. The van der Waals surface area contributed by atoms with Crippen LogP contribution in [0.15, 0.2) is 54.6 Å². The number of aliphatic hydroxyl groups is 1. The number of hydrogen-bond acceptors (Lipinski definition) is 1. The van der Waals surface area contributed by atoms with Gasteiger partial charge in [0, 0.05) is 5.92 Å². The van der Waals surface area contributed by atoms with E-state index in [4.69, 9.17) is 0 Å². The molecule has 0 saturated carbocycles. The van der Waals surface area contributed by atoms with Gasteiger partial charge in [0.05, 0.1) is 6.42 Å². The highest BCUT2D eigenvalue weighted by atomic mass is 19.4. The van der Waals surface area contributed by atoms with Crippen LogP contribution in [0.4, 0.5) is 57.1 Å². The Hall–Kier alpha value is -2.51. The van der Waals surface area contributed by atoms with Gasteiger partial charge < -0.3 is 5.11 Å². The van der Waals surface area contributed by atoms with Crippen molar-refractivity contribution in [3.8, 4) is 0 Å². The molecule has 0 amide bonds. The monoisotopic (exact) mass is 586 g/mol. The van der Waals surface area contributed by atoms with E-state index in [1.807, 2.05) is 0 Å². The first-order valence-corrected chi connectivity index (χ1v) is 11.3. The maximum absolute atomic E-state index is 15.0. The van der Waals surface area contributed by atoms with Crippen LogP contribution in [-0.2, 0) is 12.0 Å². The van der Waals surface area contributed by atoms with Crippen molar-refractivity contribution < 1.29 is 62.2 Å². The van der Waals surface area contributed by atoms with Gasteiger partial charge in [-0.3, -0.25) is 0 Å². The van der Waals surface area contributed by atoms with Crippen LogP contribution >= 0.6 is 0 Å². The van der Waals surface area contributed by atoms with Crippen molar-refractivity contribution in [3.05, 3.63) is 71.3 Å². The van der Waals surface area contributed by atoms with Gasteiger partial charge in [0.2, 0.25) is 0 Å². The van der Waals surface area contributed by atoms with Crippen LogP contribution < -0.4 is 0 Å². The zero-order valence-corrected chi connectivity index (χ0v) is 20.3. The maximum atomic E-state index is 15.0. The van der Waals surface area contributed by atoms with E-state index in [1.54, 1.807) is 6.92 Å². The predicted octanol–water partition coefficient (Wildman–Crippen LogP) is 8.76. The quantitative estimate of drug-likeness (QED) is 0.261. The Bertz CT molecular complexity index is 1110. The van der Waals surface area contributed by atoms with E-state index in [2.05, 4.69) is 0 Å². The van der Waals surface area contributed by atoms with Crippen molar-refractivity contribution in [3.63, 3.8) is 0 Å². The molecule has 2 rings (SSSR count). The van der Waals surface area contributed by atoms with Crippen molar-refractivity contribution in [2.75, 3.05) is 0 Å². The summed E-state index contributed by atoms with van der Waals surface area (Å²) in [5.41, 5.74) is -3.61. The van der Waals surface area contributed by atoms with Gasteiger partial charge in [-0.25, -0.2) is 0 Å². The summed E-state index contributed by atoms with van der Waals surface area (Å²) in [4.78, 5) is 0. The van der Waals surface area contributed by atoms with E-state index in [0.717, 1.165) is 13.0 Å². The largest absolute Gasteiger partial charge is 0.460 e. The number of aryl methyl sites for hydroxylation is 1. The van der Waals surface area contributed by atoms with Gasteiger partial charge in [0.15, 0.2) is 0 Å². The molecule has 0 aliphatic rings. The Kier molecular flexibility index (Phi) is 8.78. The zero-order chi connectivity index (χ0) is 30.3. The summed E-state index contributed by atoms with van der Waals surface area (Å²) in [5, 5.41) is 11.5. The van der Waals surface area contributed by atoms with E-state index in [9.17, 15) is 53.4 Å². The first-order valence-electron chi connectivity index (χ1n) is 11.3. The second kappa shape index (κ2) is 10.5. The van der Waals surface area contributed by atoms with Crippen LogP contribution in [0.25, 0.3) is 0 Å². The molecular formula is C25H23F13O. The van der Waals surface area contributed by atoms with E-state index >= 15 is 8.78 Å². The molecule has 1 nitrogen and oxygen atoms in total. The van der Waals surface area contributed by atoms with E-state index in [1.165, 1.54) is 48.5 Å². The molecule has 2 atom stereocenters. The number of benzene rings is 2. The molecule has 0 aromatic heterocycles. The fourth-order valence-corrected chi connectivity index (χ4v) is 4.18. The van der Waals surface area contributed by atoms with Crippen LogP contribution in [0.5, 0.6) is 0 Å². The third kappa shape index (κ3) is 5.32. The Morgan fingerprint density at radius 3 is 1.59 bits per heavy atom. The van der Waals surface area contributed by atoms with E-state index < -0.39 is 59.3 Å². The van der Waals surface area contributed by atoms with Gasteiger partial charge in [-0.15, -0.1) is 0 Å². The summed E-state index contributed by atoms with van der Waals surface area (Å²) < 4.78 is 179. The molecule has 14 heteroatoms. The lowest BCUT2D eigenvalue weighted by Crippen LogP contribution is -2.70. The van der Waals surface area contributed by atoms with Gasteiger partial charge in [-0.1, -0.05) is 74.9 Å². The van der Waals surface area contributed by atoms with Crippen LogP contribution in [0.2, 0.25) is 0 Å². The summed E-state index contributed by atoms with van der Waals surface area (Å²) in [6, 6.07) is 11.5. The Morgan fingerprint density at radius 2 is 1.10 bits per heavy atom. The minimum atomic E-state index is -8.01. The van der Waals surface area contributed by atoms with Gasteiger partial charge in [-0.2, -0.15) is 57.1 Å². The van der Waals surface area contributed by atoms with Crippen LogP contribution in [0.1, 0.15) is 49.3 Å². The molecule has 220 valence electrons. The van der Waals surface area contributed by atoms with Crippen LogP contribution in [0.3, 0.4) is 0 Å². The average Bonchev–Trinajstić information content (AvgIpc) is 2.83. The molecule has 2 aromatic rings. The lowest BCUT2D eigenvalue weighted by molar-refractivity contribution is -0.441. The number of halogens is 13. The van der Waals surface area contributed by atoms with Gasteiger partial charge in [0.1, 0.15) is 5.60 Å². The molecule has 1 N–H and O–H groups in total. The minimum absolute atomic E-state index is 0.00566. The standard InChI is InChI=1S/C25H23F13O/c1-3-9-17-12-7-8-13-18(17)19(39,15(2)16-10-5-4-6-11-16)14-20(26,27)21(28,29)22(30,31)23(32,33)24(34,35)25(36,37)38/h4-8,10-13,15,39H,3,9,14H2,1-2H3.